The number of rotatable bonds is 2. The van der Waals surface area contributed by atoms with E-state index in [2.05, 4.69) is 42.3 Å². The fourth-order valence-electron chi connectivity index (χ4n) is 1.01. The van der Waals surface area contributed by atoms with Crippen molar-refractivity contribution in [2.45, 2.75) is 5.75 Å². The van der Waals surface area contributed by atoms with Crippen LogP contribution in [0.5, 0.6) is 0 Å². The summed E-state index contributed by atoms with van der Waals surface area (Å²) in [4.78, 5) is 4.05. The van der Waals surface area contributed by atoms with E-state index in [9.17, 15) is 0 Å². The fraction of sp³-hybridized carbons (Fsp3) is 0.111. The molecule has 0 aliphatic carbocycles. The summed E-state index contributed by atoms with van der Waals surface area (Å²) in [7, 11) is 0. The van der Waals surface area contributed by atoms with E-state index in [1.165, 1.54) is 14.6 Å². The molecule has 0 bridgehead atoms. The maximum absolute atomic E-state index is 4.23. The summed E-state index contributed by atoms with van der Waals surface area (Å²) in [5.74, 6) is 0.843. The first-order valence-electron chi connectivity index (χ1n) is 3.63. The lowest BCUT2D eigenvalue weighted by molar-refractivity contribution is 1.57. The van der Waals surface area contributed by atoms with Crippen molar-refractivity contribution in [3.05, 3.63) is 34.5 Å². The minimum atomic E-state index is 0.843. The molecule has 0 aromatic carbocycles. The van der Waals surface area contributed by atoms with Crippen LogP contribution in [-0.4, -0.2) is 0 Å². The van der Waals surface area contributed by atoms with Crippen molar-refractivity contribution in [2.75, 3.05) is 0 Å². The Morgan fingerprint density at radius 3 is 2.67 bits per heavy atom. The lowest BCUT2D eigenvalue weighted by atomic mass is 10.4. The van der Waals surface area contributed by atoms with Gasteiger partial charge in [-0.1, -0.05) is 6.07 Å². The molecule has 0 amide bonds. The fourth-order valence-corrected chi connectivity index (χ4v) is 3.02. The van der Waals surface area contributed by atoms with E-state index in [4.69, 9.17) is 0 Å². The van der Waals surface area contributed by atoms with Crippen LogP contribution in [-0.2, 0) is 5.75 Å². The summed E-state index contributed by atoms with van der Waals surface area (Å²) < 4.78 is 0. The number of thiol groups is 1. The summed E-state index contributed by atoms with van der Waals surface area (Å²) >= 11 is 7.84. The highest BCUT2D eigenvalue weighted by Crippen LogP contribution is 2.31. The Morgan fingerprint density at radius 1 is 1.17 bits per heavy atom. The molecule has 0 atom stereocenters. The minimum Gasteiger partial charge on any atom is -0.174 e. The predicted molar refractivity (Wildman–Crippen MR) is 60.3 cm³/mol. The van der Waals surface area contributed by atoms with Crippen LogP contribution in [0.3, 0.4) is 0 Å². The van der Waals surface area contributed by atoms with Crippen molar-refractivity contribution in [3.63, 3.8) is 0 Å². The smallest absolute Gasteiger partial charge is 0.0445 e. The zero-order valence-corrected chi connectivity index (χ0v) is 8.88. The molecule has 0 unspecified atom stereocenters. The lowest BCUT2D eigenvalue weighted by Crippen LogP contribution is -1.60. The van der Waals surface area contributed by atoms with Crippen molar-refractivity contribution in [1.82, 2.24) is 0 Å². The topological polar surface area (TPSA) is 0 Å². The normalized spacial score (nSPS) is 10.4. The van der Waals surface area contributed by atoms with Crippen molar-refractivity contribution < 1.29 is 0 Å². The third-order valence-corrected chi connectivity index (χ3v) is 4.29. The van der Waals surface area contributed by atoms with Crippen LogP contribution in [0.25, 0.3) is 9.75 Å². The van der Waals surface area contributed by atoms with Gasteiger partial charge in [0, 0.05) is 20.4 Å². The second kappa shape index (κ2) is 3.64. The van der Waals surface area contributed by atoms with Crippen LogP contribution < -0.4 is 0 Å². The molecule has 2 aromatic heterocycles. The van der Waals surface area contributed by atoms with Crippen LogP contribution in [0.1, 0.15) is 4.88 Å². The van der Waals surface area contributed by atoms with Gasteiger partial charge in [-0.25, -0.2) is 0 Å². The third-order valence-electron chi connectivity index (χ3n) is 1.58. The summed E-state index contributed by atoms with van der Waals surface area (Å²) in [6.07, 6.45) is 0. The van der Waals surface area contributed by atoms with E-state index in [0.717, 1.165) is 5.75 Å². The van der Waals surface area contributed by atoms with E-state index in [1.54, 1.807) is 11.3 Å². The molecule has 0 fully saturated rings. The Kier molecular flexibility index (Phi) is 2.54. The van der Waals surface area contributed by atoms with Crippen LogP contribution in [0.4, 0.5) is 0 Å². The molecular formula is C9H8S3. The molecule has 0 saturated carbocycles. The zero-order valence-electron chi connectivity index (χ0n) is 6.36. The Morgan fingerprint density at radius 2 is 2.08 bits per heavy atom. The van der Waals surface area contributed by atoms with E-state index in [-0.39, 0.29) is 0 Å². The van der Waals surface area contributed by atoms with Gasteiger partial charge in [0.1, 0.15) is 0 Å². The third kappa shape index (κ3) is 1.58. The molecular weight excluding hydrogens is 204 g/mol. The van der Waals surface area contributed by atoms with Crippen LogP contribution in [0.2, 0.25) is 0 Å². The van der Waals surface area contributed by atoms with E-state index >= 15 is 0 Å². The maximum atomic E-state index is 4.23. The highest BCUT2D eigenvalue weighted by molar-refractivity contribution is 7.79. The first kappa shape index (κ1) is 8.35. The Labute approximate surface area is 85.3 Å². The molecule has 0 radical (unpaired) electrons. The Bertz CT molecular complexity index is 345. The predicted octanol–water partition coefficient (Wildman–Crippen LogP) is 3.91. The van der Waals surface area contributed by atoms with E-state index < -0.39 is 0 Å². The second-order valence-corrected chi connectivity index (χ2v) is 4.83. The molecule has 12 heavy (non-hydrogen) atoms. The second-order valence-electron chi connectivity index (χ2n) is 2.40. The molecule has 2 aromatic rings. The van der Waals surface area contributed by atoms with Gasteiger partial charge in [0.25, 0.3) is 0 Å². The van der Waals surface area contributed by atoms with Crippen molar-refractivity contribution in [2.24, 2.45) is 0 Å². The summed E-state index contributed by atoms with van der Waals surface area (Å²) in [6, 6.07) is 8.55. The zero-order chi connectivity index (χ0) is 8.39. The number of thiophene rings is 2. The quantitative estimate of drug-likeness (QED) is 0.717. The largest absolute Gasteiger partial charge is 0.174 e. The van der Waals surface area contributed by atoms with Crippen LogP contribution in [0, 0.1) is 0 Å². The van der Waals surface area contributed by atoms with Gasteiger partial charge in [-0.15, -0.1) is 22.7 Å². The average molecular weight is 212 g/mol. The minimum absolute atomic E-state index is 0.843. The average Bonchev–Trinajstić information content (AvgIpc) is 2.75. The Balaban J connectivity index is 2.35. The van der Waals surface area contributed by atoms with Crippen molar-refractivity contribution in [3.8, 4) is 9.75 Å². The molecule has 62 valence electrons. The molecule has 2 rings (SSSR count). The summed E-state index contributed by atoms with van der Waals surface area (Å²) in [5.41, 5.74) is 0. The van der Waals surface area contributed by atoms with Crippen LogP contribution in [0.15, 0.2) is 29.6 Å². The van der Waals surface area contributed by atoms with Gasteiger partial charge in [-0.2, -0.15) is 12.6 Å². The summed E-state index contributed by atoms with van der Waals surface area (Å²) in [5, 5.41) is 2.11. The first-order valence-corrected chi connectivity index (χ1v) is 5.96. The molecule has 0 aliphatic heterocycles. The molecule has 3 heteroatoms. The van der Waals surface area contributed by atoms with Gasteiger partial charge in [0.15, 0.2) is 0 Å². The standard InChI is InChI=1S/C9H8S3/c10-6-7-3-4-9(12-7)8-2-1-5-11-8/h1-5,10H,6H2. The molecule has 0 spiro atoms. The molecule has 0 nitrogen and oxygen atoms in total. The highest BCUT2D eigenvalue weighted by Gasteiger charge is 2.01. The lowest BCUT2D eigenvalue weighted by Gasteiger charge is -1.87. The van der Waals surface area contributed by atoms with Crippen molar-refractivity contribution >= 4 is 35.3 Å². The van der Waals surface area contributed by atoms with Gasteiger partial charge < -0.3 is 0 Å². The van der Waals surface area contributed by atoms with Gasteiger partial charge >= 0.3 is 0 Å². The molecule has 0 N–H and O–H groups in total. The van der Waals surface area contributed by atoms with E-state index in [0.29, 0.717) is 0 Å². The highest BCUT2D eigenvalue weighted by atomic mass is 32.1. The first-order chi connectivity index (χ1) is 5.90. The van der Waals surface area contributed by atoms with Gasteiger partial charge in [0.2, 0.25) is 0 Å². The van der Waals surface area contributed by atoms with Gasteiger partial charge in [0.05, 0.1) is 0 Å². The maximum Gasteiger partial charge on any atom is 0.0445 e. The Hall–Kier alpha value is -0.250. The number of hydrogen-bond donors (Lipinski definition) is 1. The summed E-state index contributed by atoms with van der Waals surface area (Å²) in [6.45, 7) is 0. The van der Waals surface area contributed by atoms with E-state index in [1.807, 2.05) is 11.3 Å². The SMILES string of the molecule is SCc1ccc(-c2cccs2)s1. The molecule has 0 aliphatic rings. The molecule has 2 heterocycles. The molecule has 0 saturated heterocycles. The van der Waals surface area contributed by atoms with Gasteiger partial charge in [-0.3, -0.25) is 0 Å². The van der Waals surface area contributed by atoms with Gasteiger partial charge in [-0.05, 0) is 23.6 Å². The monoisotopic (exact) mass is 212 g/mol. The number of hydrogen-bond acceptors (Lipinski definition) is 3. The van der Waals surface area contributed by atoms with Crippen molar-refractivity contribution in [1.29, 1.82) is 0 Å². The van der Waals surface area contributed by atoms with Crippen LogP contribution >= 0.6 is 35.3 Å².